The van der Waals surface area contributed by atoms with Gasteiger partial charge in [-0.05, 0) is 35.1 Å². The van der Waals surface area contributed by atoms with Gasteiger partial charge in [-0.3, -0.25) is 14.6 Å². The number of nitrogens with one attached hydrogen (secondary N) is 2. The number of thiophene rings is 1. The fourth-order valence-electron chi connectivity index (χ4n) is 2.17. The van der Waals surface area contributed by atoms with Crippen molar-refractivity contribution in [2.45, 2.75) is 20.4 Å². The van der Waals surface area contributed by atoms with E-state index in [1.807, 2.05) is 23.6 Å². The quantitative estimate of drug-likeness (QED) is 0.675. The zero-order valence-electron chi connectivity index (χ0n) is 14.4. The maximum absolute atomic E-state index is 12.6. The van der Waals surface area contributed by atoms with Gasteiger partial charge >= 0.3 is 0 Å². The monoisotopic (exact) mass is 386 g/mol. The molecule has 0 saturated carbocycles. The van der Waals surface area contributed by atoms with Gasteiger partial charge in [-0.15, -0.1) is 11.3 Å². The van der Waals surface area contributed by atoms with Gasteiger partial charge in [0, 0.05) is 17.0 Å². The van der Waals surface area contributed by atoms with Crippen LogP contribution in [0.15, 0.2) is 41.9 Å². The van der Waals surface area contributed by atoms with E-state index in [-0.39, 0.29) is 17.7 Å². The minimum atomic E-state index is -0.267. The molecule has 0 aliphatic rings. The highest BCUT2D eigenvalue weighted by Gasteiger charge is 2.24. The summed E-state index contributed by atoms with van der Waals surface area (Å²) in [5.74, 6) is -0.652. The van der Waals surface area contributed by atoms with Gasteiger partial charge in [-0.2, -0.15) is 4.37 Å². The molecule has 8 heteroatoms. The van der Waals surface area contributed by atoms with Crippen LogP contribution in [0.3, 0.4) is 0 Å². The Hall–Kier alpha value is -2.58. The molecule has 3 aromatic heterocycles. The van der Waals surface area contributed by atoms with Crippen molar-refractivity contribution in [2.75, 3.05) is 5.32 Å². The molecule has 26 heavy (non-hydrogen) atoms. The van der Waals surface area contributed by atoms with Crippen LogP contribution in [0.25, 0.3) is 11.4 Å². The molecule has 0 aromatic carbocycles. The van der Waals surface area contributed by atoms with Crippen LogP contribution in [0, 0.1) is 5.92 Å². The van der Waals surface area contributed by atoms with E-state index >= 15 is 0 Å². The van der Waals surface area contributed by atoms with Crippen LogP contribution >= 0.6 is 22.9 Å². The topological polar surface area (TPSA) is 84.0 Å². The predicted molar refractivity (Wildman–Crippen MR) is 104 cm³/mol. The van der Waals surface area contributed by atoms with Crippen molar-refractivity contribution in [3.8, 4) is 11.4 Å². The largest absolute Gasteiger partial charge is 0.346 e. The summed E-state index contributed by atoms with van der Waals surface area (Å²) < 4.78 is 4.37. The molecule has 0 radical (unpaired) electrons. The van der Waals surface area contributed by atoms with Crippen molar-refractivity contribution in [1.82, 2.24) is 14.7 Å². The lowest BCUT2D eigenvalue weighted by Crippen LogP contribution is -2.24. The molecule has 2 amide bonds. The number of amides is 2. The molecule has 0 fully saturated rings. The van der Waals surface area contributed by atoms with Crippen molar-refractivity contribution in [3.05, 3.63) is 51.7 Å². The molecule has 0 aliphatic heterocycles. The summed E-state index contributed by atoms with van der Waals surface area (Å²) in [4.78, 5) is 30.6. The molecule has 134 valence electrons. The van der Waals surface area contributed by atoms with Crippen molar-refractivity contribution in [1.29, 1.82) is 0 Å². The molecule has 3 aromatic rings. The van der Waals surface area contributed by atoms with Crippen molar-refractivity contribution in [3.63, 3.8) is 0 Å². The first kappa shape index (κ1) is 18.2. The number of nitrogens with zero attached hydrogens (tertiary/aromatic N) is 2. The second-order valence-electron chi connectivity index (χ2n) is 5.86. The Kier molecular flexibility index (Phi) is 5.75. The van der Waals surface area contributed by atoms with E-state index in [0.717, 1.165) is 16.4 Å². The molecule has 0 aliphatic carbocycles. The highest BCUT2D eigenvalue weighted by atomic mass is 32.1. The van der Waals surface area contributed by atoms with E-state index in [1.165, 1.54) is 0 Å². The Morgan fingerprint density at radius 1 is 1.19 bits per heavy atom. The van der Waals surface area contributed by atoms with Gasteiger partial charge in [0.15, 0.2) is 0 Å². The molecule has 0 saturated heterocycles. The minimum Gasteiger partial charge on any atom is -0.346 e. The van der Waals surface area contributed by atoms with Crippen LogP contribution in [0.1, 0.15) is 28.4 Å². The fraction of sp³-hybridized carbons (Fsp3) is 0.222. The van der Waals surface area contributed by atoms with E-state index in [4.69, 9.17) is 0 Å². The molecule has 2 N–H and O–H groups in total. The molecule has 3 rings (SSSR count). The second kappa shape index (κ2) is 8.20. The van der Waals surface area contributed by atoms with Crippen LogP contribution in [0.5, 0.6) is 0 Å². The first-order chi connectivity index (χ1) is 12.6. The van der Waals surface area contributed by atoms with Crippen molar-refractivity contribution >= 4 is 40.4 Å². The van der Waals surface area contributed by atoms with Gasteiger partial charge in [0.25, 0.3) is 5.91 Å². The summed E-state index contributed by atoms with van der Waals surface area (Å²) in [5, 5.41) is 7.68. The van der Waals surface area contributed by atoms with Gasteiger partial charge in [0.1, 0.15) is 10.6 Å². The molecule has 0 atom stereocenters. The first-order valence-electron chi connectivity index (χ1n) is 8.08. The summed E-state index contributed by atoms with van der Waals surface area (Å²) in [5.41, 5.74) is 1.53. The summed E-state index contributed by atoms with van der Waals surface area (Å²) in [6, 6.07) is 9.33. The summed E-state index contributed by atoms with van der Waals surface area (Å²) >= 11 is 2.63. The van der Waals surface area contributed by atoms with E-state index < -0.39 is 0 Å². The lowest BCUT2D eigenvalue weighted by atomic mass is 10.1. The van der Waals surface area contributed by atoms with E-state index in [1.54, 1.807) is 43.5 Å². The molecule has 6 nitrogen and oxygen atoms in total. The number of carbonyl (C=O) groups excluding carboxylic acids is 2. The van der Waals surface area contributed by atoms with Crippen LogP contribution in [0.4, 0.5) is 5.69 Å². The second-order valence-corrected chi connectivity index (χ2v) is 7.66. The van der Waals surface area contributed by atoms with Gasteiger partial charge in [-0.1, -0.05) is 26.0 Å². The maximum atomic E-state index is 12.6. The highest BCUT2D eigenvalue weighted by Crippen LogP contribution is 2.32. The third kappa shape index (κ3) is 4.14. The lowest BCUT2D eigenvalue weighted by molar-refractivity contribution is -0.118. The molecule has 0 spiro atoms. The lowest BCUT2D eigenvalue weighted by Gasteiger charge is -2.10. The van der Waals surface area contributed by atoms with Crippen LogP contribution in [-0.2, 0) is 11.3 Å². The average Bonchev–Trinajstić information content (AvgIpc) is 3.30. The molecule has 3 heterocycles. The number of rotatable bonds is 6. The number of anilines is 1. The number of hydrogen-bond acceptors (Lipinski definition) is 6. The summed E-state index contributed by atoms with van der Waals surface area (Å²) in [6.07, 6.45) is 1.65. The van der Waals surface area contributed by atoms with Gasteiger partial charge in [0.05, 0.1) is 17.9 Å². The number of carbonyl (C=O) groups is 2. The highest BCUT2D eigenvalue weighted by molar-refractivity contribution is 7.10. The third-order valence-corrected chi connectivity index (χ3v) is 5.30. The number of hydrogen-bond donors (Lipinski definition) is 2. The van der Waals surface area contributed by atoms with E-state index in [0.29, 0.717) is 28.5 Å². The Balaban J connectivity index is 1.89. The zero-order valence-corrected chi connectivity index (χ0v) is 16.0. The maximum Gasteiger partial charge on any atom is 0.265 e. The van der Waals surface area contributed by atoms with Gasteiger partial charge in [0.2, 0.25) is 5.91 Å². The van der Waals surface area contributed by atoms with Gasteiger partial charge < -0.3 is 10.6 Å². The Morgan fingerprint density at radius 3 is 2.69 bits per heavy atom. The smallest absolute Gasteiger partial charge is 0.265 e. The average molecular weight is 387 g/mol. The SMILES string of the molecule is CC(C)C(=O)Nc1c(-c2ccccn2)nsc1C(=O)NCc1cccs1. The van der Waals surface area contributed by atoms with E-state index in [2.05, 4.69) is 20.0 Å². The third-order valence-electron chi connectivity index (χ3n) is 3.58. The van der Waals surface area contributed by atoms with Crippen molar-refractivity contribution in [2.24, 2.45) is 5.92 Å². The summed E-state index contributed by atoms with van der Waals surface area (Å²) in [6.45, 7) is 4.03. The Bertz CT molecular complexity index is 889. The normalized spacial score (nSPS) is 10.7. The van der Waals surface area contributed by atoms with Crippen molar-refractivity contribution < 1.29 is 9.59 Å². The minimum absolute atomic E-state index is 0.172. The summed E-state index contributed by atoms with van der Waals surface area (Å²) in [7, 11) is 0. The van der Waals surface area contributed by atoms with Crippen LogP contribution in [0.2, 0.25) is 0 Å². The van der Waals surface area contributed by atoms with Crippen LogP contribution in [-0.4, -0.2) is 21.2 Å². The van der Waals surface area contributed by atoms with Gasteiger partial charge in [-0.25, -0.2) is 0 Å². The van der Waals surface area contributed by atoms with Crippen LogP contribution < -0.4 is 10.6 Å². The number of aromatic nitrogens is 2. The molecular formula is C18H18N4O2S2. The Morgan fingerprint density at radius 2 is 2.04 bits per heavy atom. The molecule has 0 bridgehead atoms. The standard InChI is InChI=1S/C18H18N4O2S2/c1-11(2)17(23)21-15-14(13-7-3-4-8-19-13)22-26-16(15)18(24)20-10-12-6-5-9-25-12/h3-9,11H,10H2,1-2H3,(H,20,24)(H,21,23). The zero-order chi connectivity index (χ0) is 18.5. The Labute approximate surface area is 159 Å². The molecular weight excluding hydrogens is 368 g/mol. The fourth-order valence-corrected chi connectivity index (χ4v) is 3.57. The first-order valence-corrected chi connectivity index (χ1v) is 9.74. The van der Waals surface area contributed by atoms with E-state index in [9.17, 15) is 9.59 Å². The predicted octanol–water partition coefficient (Wildman–Crippen LogP) is 3.79. The number of pyridine rings is 1. The molecule has 0 unspecified atom stereocenters.